The highest BCUT2D eigenvalue weighted by Gasteiger charge is 2.15. The normalized spacial score (nSPS) is 19.1. The van der Waals surface area contributed by atoms with Gasteiger partial charge in [0.1, 0.15) is 0 Å². The molecule has 1 N–H and O–H groups in total. The van der Waals surface area contributed by atoms with E-state index in [9.17, 15) is 0 Å². The van der Waals surface area contributed by atoms with Crippen molar-refractivity contribution in [3.8, 4) is 0 Å². The summed E-state index contributed by atoms with van der Waals surface area (Å²) < 4.78 is 0. The minimum absolute atomic E-state index is 0.124. The van der Waals surface area contributed by atoms with Crippen LogP contribution in [0.2, 0.25) is 0 Å². The number of hydrogen-bond acceptors (Lipinski definition) is 4. The Bertz CT molecular complexity index is 319. The van der Waals surface area contributed by atoms with E-state index in [4.69, 9.17) is 5.11 Å². The van der Waals surface area contributed by atoms with Gasteiger partial charge < -0.3 is 10.0 Å². The van der Waals surface area contributed by atoms with Crippen molar-refractivity contribution >= 4 is 11.3 Å². The number of piperidine rings is 1. The summed E-state index contributed by atoms with van der Waals surface area (Å²) in [5.41, 5.74) is 0. The van der Waals surface area contributed by atoms with Gasteiger partial charge in [0.05, 0.1) is 16.5 Å². The fourth-order valence-corrected chi connectivity index (χ4v) is 2.85. The van der Waals surface area contributed by atoms with Gasteiger partial charge in [-0.2, -0.15) is 0 Å². The van der Waals surface area contributed by atoms with Crippen molar-refractivity contribution in [1.29, 1.82) is 0 Å². The summed E-state index contributed by atoms with van der Waals surface area (Å²) in [5, 5.41) is 10.1. The fourth-order valence-electron chi connectivity index (χ4n) is 2.08. The van der Waals surface area contributed by atoms with E-state index in [1.165, 1.54) is 25.9 Å². The average Bonchev–Trinajstić information content (AvgIpc) is 2.76. The molecule has 0 unspecified atom stereocenters. The van der Waals surface area contributed by atoms with Gasteiger partial charge in [-0.25, -0.2) is 4.98 Å². The Morgan fingerprint density at radius 1 is 1.50 bits per heavy atom. The molecule has 2 heterocycles. The first-order valence-corrected chi connectivity index (χ1v) is 6.86. The zero-order chi connectivity index (χ0) is 11.4. The number of aliphatic hydroxyl groups is 1. The van der Waals surface area contributed by atoms with E-state index in [-0.39, 0.29) is 6.61 Å². The van der Waals surface area contributed by atoms with Gasteiger partial charge in [-0.15, -0.1) is 11.3 Å². The van der Waals surface area contributed by atoms with Crippen LogP contribution in [0.3, 0.4) is 0 Å². The molecule has 90 valence electrons. The van der Waals surface area contributed by atoms with E-state index in [0.29, 0.717) is 0 Å². The molecule has 0 aromatic carbocycles. The lowest BCUT2D eigenvalue weighted by Crippen LogP contribution is -2.34. The number of rotatable bonds is 4. The van der Waals surface area contributed by atoms with E-state index < -0.39 is 0 Å². The molecule has 0 aliphatic carbocycles. The van der Waals surface area contributed by atoms with E-state index >= 15 is 0 Å². The van der Waals surface area contributed by atoms with Crippen LogP contribution >= 0.6 is 11.3 Å². The third kappa shape index (κ3) is 3.27. The standard InChI is InChI=1S/C12H20N2OS/c1-10-2-5-14(6-3-10)7-4-12-13-8-11(9-15)16-12/h8,10,15H,2-7,9H2,1H3. The first kappa shape index (κ1) is 12.0. The second-order valence-corrected chi connectivity index (χ2v) is 5.85. The van der Waals surface area contributed by atoms with Crippen LogP contribution in [0.1, 0.15) is 29.7 Å². The predicted molar refractivity (Wildman–Crippen MR) is 66.6 cm³/mol. The van der Waals surface area contributed by atoms with Crippen LogP contribution in [0, 0.1) is 5.92 Å². The third-order valence-electron chi connectivity index (χ3n) is 3.28. The number of aliphatic hydroxyl groups excluding tert-OH is 1. The molecular formula is C12H20N2OS. The van der Waals surface area contributed by atoms with Crippen molar-refractivity contribution in [2.75, 3.05) is 19.6 Å². The molecule has 0 radical (unpaired) electrons. The molecule has 0 saturated carbocycles. The first-order chi connectivity index (χ1) is 7.78. The second kappa shape index (κ2) is 5.75. The van der Waals surface area contributed by atoms with Gasteiger partial charge in [-0.3, -0.25) is 0 Å². The molecule has 3 nitrogen and oxygen atoms in total. The van der Waals surface area contributed by atoms with Crippen LogP contribution in [-0.4, -0.2) is 34.6 Å². The van der Waals surface area contributed by atoms with Crippen molar-refractivity contribution < 1.29 is 5.11 Å². The van der Waals surface area contributed by atoms with Gasteiger partial charge in [-0.05, 0) is 31.8 Å². The maximum Gasteiger partial charge on any atom is 0.0941 e. The van der Waals surface area contributed by atoms with Gasteiger partial charge in [0.15, 0.2) is 0 Å². The van der Waals surface area contributed by atoms with Crippen molar-refractivity contribution in [3.05, 3.63) is 16.1 Å². The van der Waals surface area contributed by atoms with Crippen molar-refractivity contribution in [2.24, 2.45) is 5.92 Å². The van der Waals surface area contributed by atoms with Crippen molar-refractivity contribution in [3.63, 3.8) is 0 Å². The van der Waals surface area contributed by atoms with Gasteiger partial charge in [-0.1, -0.05) is 6.92 Å². The zero-order valence-electron chi connectivity index (χ0n) is 9.85. The zero-order valence-corrected chi connectivity index (χ0v) is 10.7. The number of aromatic nitrogens is 1. The Hall–Kier alpha value is -0.450. The molecule has 1 aliphatic rings. The first-order valence-electron chi connectivity index (χ1n) is 6.04. The maximum atomic E-state index is 8.96. The molecule has 1 saturated heterocycles. The van der Waals surface area contributed by atoms with Crippen LogP contribution in [0.4, 0.5) is 0 Å². The monoisotopic (exact) mass is 240 g/mol. The largest absolute Gasteiger partial charge is 0.391 e. The number of likely N-dealkylation sites (tertiary alicyclic amines) is 1. The number of thiazole rings is 1. The Kier molecular flexibility index (Phi) is 4.32. The quantitative estimate of drug-likeness (QED) is 0.873. The average molecular weight is 240 g/mol. The van der Waals surface area contributed by atoms with E-state index in [2.05, 4.69) is 16.8 Å². The minimum Gasteiger partial charge on any atom is -0.391 e. The fraction of sp³-hybridized carbons (Fsp3) is 0.750. The van der Waals surface area contributed by atoms with Crippen LogP contribution in [0.15, 0.2) is 6.20 Å². The molecule has 16 heavy (non-hydrogen) atoms. The molecule has 1 aliphatic heterocycles. The highest BCUT2D eigenvalue weighted by Crippen LogP contribution is 2.17. The van der Waals surface area contributed by atoms with Gasteiger partial charge in [0.25, 0.3) is 0 Å². The van der Waals surface area contributed by atoms with Crippen LogP contribution in [0.5, 0.6) is 0 Å². The smallest absolute Gasteiger partial charge is 0.0941 e. The minimum atomic E-state index is 0.124. The number of hydrogen-bond donors (Lipinski definition) is 1. The van der Waals surface area contributed by atoms with Gasteiger partial charge in [0.2, 0.25) is 0 Å². The summed E-state index contributed by atoms with van der Waals surface area (Å²) in [6.07, 6.45) is 5.48. The Morgan fingerprint density at radius 2 is 2.25 bits per heavy atom. The van der Waals surface area contributed by atoms with Crippen LogP contribution < -0.4 is 0 Å². The lowest BCUT2D eigenvalue weighted by molar-refractivity contribution is 0.194. The molecular weight excluding hydrogens is 220 g/mol. The Balaban J connectivity index is 1.74. The summed E-state index contributed by atoms with van der Waals surface area (Å²) in [4.78, 5) is 7.82. The predicted octanol–water partition coefficient (Wildman–Crippen LogP) is 1.91. The summed E-state index contributed by atoms with van der Waals surface area (Å²) in [6, 6.07) is 0. The third-order valence-corrected chi connectivity index (χ3v) is 4.32. The Labute approximate surface area is 101 Å². The molecule has 0 bridgehead atoms. The van der Waals surface area contributed by atoms with E-state index in [1.54, 1.807) is 17.5 Å². The molecule has 1 aromatic heterocycles. The van der Waals surface area contributed by atoms with Crippen LogP contribution in [-0.2, 0) is 13.0 Å². The van der Waals surface area contributed by atoms with Gasteiger partial charge in [0, 0.05) is 19.2 Å². The molecule has 1 fully saturated rings. The van der Waals surface area contributed by atoms with Gasteiger partial charge >= 0.3 is 0 Å². The summed E-state index contributed by atoms with van der Waals surface area (Å²) >= 11 is 1.63. The summed E-state index contributed by atoms with van der Waals surface area (Å²) in [6.45, 7) is 6.05. The van der Waals surface area contributed by atoms with E-state index in [0.717, 1.165) is 28.8 Å². The van der Waals surface area contributed by atoms with Crippen molar-refractivity contribution in [1.82, 2.24) is 9.88 Å². The Morgan fingerprint density at radius 3 is 2.88 bits per heavy atom. The highest BCUT2D eigenvalue weighted by molar-refractivity contribution is 7.11. The molecule has 0 atom stereocenters. The summed E-state index contributed by atoms with van der Waals surface area (Å²) in [7, 11) is 0. The topological polar surface area (TPSA) is 36.4 Å². The van der Waals surface area contributed by atoms with Crippen LogP contribution in [0.25, 0.3) is 0 Å². The molecule has 4 heteroatoms. The van der Waals surface area contributed by atoms with E-state index in [1.807, 2.05) is 0 Å². The molecule has 1 aromatic rings. The lowest BCUT2D eigenvalue weighted by Gasteiger charge is -2.29. The van der Waals surface area contributed by atoms with Crippen molar-refractivity contribution in [2.45, 2.75) is 32.8 Å². The summed E-state index contributed by atoms with van der Waals surface area (Å²) in [5.74, 6) is 0.900. The maximum absolute atomic E-state index is 8.96. The molecule has 0 amide bonds. The number of nitrogens with zero attached hydrogens (tertiary/aromatic N) is 2. The SMILES string of the molecule is CC1CCN(CCc2ncc(CO)s2)CC1. The lowest BCUT2D eigenvalue weighted by atomic mass is 9.99. The second-order valence-electron chi connectivity index (χ2n) is 4.65. The highest BCUT2D eigenvalue weighted by atomic mass is 32.1. The molecule has 0 spiro atoms. The molecule has 2 rings (SSSR count).